The van der Waals surface area contributed by atoms with Crippen LogP contribution in [-0.4, -0.2) is 64.0 Å². The summed E-state index contributed by atoms with van der Waals surface area (Å²) in [5, 5.41) is 11.9. The molecule has 1 saturated carbocycles. The lowest BCUT2D eigenvalue weighted by atomic mass is 9.84. The SMILES string of the molecule is Cc1nc(C#N)ccc1Nc1ncnc(OC2C3COCC2CN(C(=O)OC2(C)CC2)C3)c1F. The maximum Gasteiger partial charge on any atom is 0.410 e. The highest BCUT2D eigenvalue weighted by atomic mass is 19.1. The third kappa shape index (κ3) is 4.46. The summed E-state index contributed by atoms with van der Waals surface area (Å²) in [6.45, 7) is 5.26. The van der Waals surface area contributed by atoms with Crippen LogP contribution in [0.25, 0.3) is 0 Å². The molecule has 2 atom stereocenters. The second kappa shape index (κ2) is 8.68. The first-order valence-corrected chi connectivity index (χ1v) is 11.2. The molecule has 2 saturated heterocycles. The van der Waals surface area contributed by atoms with Crippen LogP contribution in [0.15, 0.2) is 18.5 Å². The number of ether oxygens (including phenoxy) is 3. The molecule has 3 aliphatic rings. The highest BCUT2D eigenvalue weighted by Crippen LogP contribution is 2.40. The number of carbonyl (C=O) groups is 1. The number of nitrogens with one attached hydrogen (secondary N) is 1. The molecule has 0 aromatic carbocycles. The predicted octanol–water partition coefficient (Wildman–Crippen LogP) is 2.95. The molecule has 11 heteroatoms. The van der Waals surface area contributed by atoms with Gasteiger partial charge in [0.1, 0.15) is 29.8 Å². The van der Waals surface area contributed by atoms with Crippen molar-refractivity contribution in [3.8, 4) is 11.9 Å². The number of aryl methyl sites for hydroxylation is 1. The number of nitriles is 1. The highest BCUT2D eigenvalue weighted by Gasteiger charge is 2.47. The molecular weight excluding hydrogens is 443 g/mol. The number of anilines is 2. The van der Waals surface area contributed by atoms with Gasteiger partial charge in [-0.25, -0.2) is 14.8 Å². The molecule has 1 aliphatic carbocycles. The van der Waals surface area contributed by atoms with E-state index in [1.807, 2.05) is 13.0 Å². The molecule has 2 aliphatic heterocycles. The molecule has 2 aromatic heterocycles. The van der Waals surface area contributed by atoms with Crippen molar-refractivity contribution in [1.82, 2.24) is 19.9 Å². The number of aromatic nitrogens is 3. The van der Waals surface area contributed by atoms with E-state index in [0.29, 0.717) is 37.7 Å². The zero-order valence-corrected chi connectivity index (χ0v) is 19.0. The summed E-state index contributed by atoms with van der Waals surface area (Å²) < 4.78 is 32.6. The summed E-state index contributed by atoms with van der Waals surface area (Å²) in [5.74, 6) is -1.22. The number of hydrogen-bond acceptors (Lipinski definition) is 9. The van der Waals surface area contributed by atoms with E-state index in [-0.39, 0.29) is 47.0 Å². The molecule has 5 rings (SSSR count). The number of hydrogen-bond donors (Lipinski definition) is 1. The van der Waals surface area contributed by atoms with E-state index in [1.54, 1.807) is 17.9 Å². The van der Waals surface area contributed by atoms with Crippen molar-refractivity contribution in [3.05, 3.63) is 35.7 Å². The Morgan fingerprint density at radius 3 is 2.68 bits per heavy atom. The van der Waals surface area contributed by atoms with Gasteiger partial charge in [-0.1, -0.05) is 0 Å². The minimum absolute atomic E-state index is 0.0558. The number of likely N-dealkylation sites (tertiary alicyclic amines) is 1. The predicted molar refractivity (Wildman–Crippen MR) is 117 cm³/mol. The lowest BCUT2D eigenvalue weighted by molar-refractivity contribution is -0.112. The lowest BCUT2D eigenvalue weighted by Crippen LogP contribution is -2.59. The Balaban J connectivity index is 1.30. The summed E-state index contributed by atoms with van der Waals surface area (Å²) in [5.41, 5.74) is 0.978. The first-order chi connectivity index (χ1) is 16.3. The van der Waals surface area contributed by atoms with Gasteiger partial charge >= 0.3 is 6.09 Å². The Morgan fingerprint density at radius 2 is 2.03 bits per heavy atom. The topological polar surface area (TPSA) is 122 Å². The average Bonchev–Trinajstić information content (AvgIpc) is 3.53. The van der Waals surface area contributed by atoms with Gasteiger partial charge in [0, 0.05) is 24.9 Å². The van der Waals surface area contributed by atoms with E-state index in [4.69, 9.17) is 19.5 Å². The van der Waals surface area contributed by atoms with Gasteiger partial charge in [-0.15, -0.1) is 0 Å². The van der Waals surface area contributed by atoms with E-state index in [9.17, 15) is 4.79 Å². The molecule has 2 unspecified atom stereocenters. The zero-order valence-electron chi connectivity index (χ0n) is 19.0. The first kappa shape index (κ1) is 22.3. The van der Waals surface area contributed by atoms with E-state index in [2.05, 4.69) is 20.3 Å². The number of rotatable bonds is 5. The van der Waals surface area contributed by atoms with Crippen LogP contribution in [0, 0.1) is 35.9 Å². The second-order valence-electron chi connectivity index (χ2n) is 9.27. The van der Waals surface area contributed by atoms with Gasteiger partial charge in [-0.2, -0.15) is 14.6 Å². The van der Waals surface area contributed by atoms with Crippen molar-refractivity contribution < 1.29 is 23.4 Å². The molecule has 34 heavy (non-hydrogen) atoms. The van der Waals surface area contributed by atoms with Crippen LogP contribution in [0.4, 0.5) is 20.7 Å². The Bertz CT molecular complexity index is 1140. The molecule has 4 heterocycles. The molecule has 0 radical (unpaired) electrons. The number of amides is 1. The maximum absolute atomic E-state index is 15.3. The normalized spacial score (nSPS) is 24.6. The quantitative estimate of drug-likeness (QED) is 0.705. The van der Waals surface area contributed by atoms with E-state index < -0.39 is 5.82 Å². The van der Waals surface area contributed by atoms with Crippen LogP contribution in [0.5, 0.6) is 5.88 Å². The fourth-order valence-electron chi connectivity index (χ4n) is 4.33. The van der Waals surface area contributed by atoms with Crippen molar-refractivity contribution >= 4 is 17.6 Å². The van der Waals surface area contributed by atoms with Crippen LogP contribution in [0.3, 0.4) is 0 Å². The van der Waals surface area contributed by atoms with Crippen molar-refractivity contribution in [2.45, 2.75) is 38.4 Å². The number of carbonyl (C=O) groups excluding carboxylic acids is 1. The summed E-state index contributed by atoms with van der Waals surface area (Å²) >= 11 is 0. The summed E-state index contributed by atoms with van der Waals surface area (Å²) in [6.07, 6.45) is 2.32. The number of nitrogens with zero attached hydrogens (tertiary/aromatic N) is 5. The summed E-state index contributed by atoms with van der Waals surface area (Å²) in [7, 11) is 0. The van der Waals surface area contributed by atoms with Crippen LogP contribution in [0.2, 0.25) is 0 Å². The van der Waals surface area contributed by atoms with Gasteiger partial charge in [0.05, 0.1) is 24.6 Å². The number of halogens is 1. The molecule has 1 N–H and O–H groups in total. The minimum atomic E-state index is -0.728. The van der Waals surface area contributed by atoms with Crippen LogP contribution >= 0.6 is 0 Å². The Morgan fingerprint density at radius 1 is 1.29 bits per heavy atom. The van der Waals surface area contributed by atoms with Crippen LogP contribution < -0.4 is 10.1 Å². The van der Waals surface area contributed by atoms with E-state index >= 15 is 4.39 Å². The third-order valence-electron chi connectivity index (χ3n) is 6.51. The molecule has 10 nitrogen and oxygen atoms in total. The van der Waals surface area contributed by atoms with Crippen molar-refractivity contribution in [1.29, 1.82) is 5.26 Å². The number of fused-ring (bicyclic) bond motifs is 2. The van der Waals surface area contributed by atoms with Gasteiger partial charge in [0.15, 0.2) is 5.82 Å². The Hall–Kier alpha value is -3.52. The standard InChI is InChI=1S/C23H25FN6O4/c1-13-17(4-3-16(7-25)28-13)29-20-18(24)21(27-12-26-20)33-19-14-8-30(9-15(19)11-32-10-14)22(31)34-23(2)5-6-23/h3-4,12,14-15,19H,5-6,8-11H2,1-2H3,(H,26,27,29). The molecular formula is C23H25FN6O4. The Labute approximate surface area is 196 Å². The molecule has 2 bridgehead atoms. The van der Waals surface area contributed by atoms with Gasteiger partial charge in [-0.3, -0.25) is 0 Å². The van der Waals surface area contributed by atoms with Gasteiger partial charge in [0.2, 0.25) is 5.82 Å². The lowest BCUT2D eigenvalue weighted by Gasteiger charge is -2.46. The highest BCUT2D eigenvalue weighted by molar-refractivity contribution is 5.68. The average molecular weight is 468 g/mol. The molecule has 3 fully saturated rings. The fourth-order valence-corrected chi connectivity index (χ4v) is 4.33. The smallest absolute Gasteiger partial charge is 0.410 e. The fraction of sp³-hybridized carbons (Fsp3) is 0.522. The number of pyridine rings is 1. The van der Waals surface area contributed by atoms with Crippen molar-refractivity contribution in [2.75, 3.05) is 31.6 Å². The minimum Gasteiger partial charge on any atom is -0.471 e. The maximum atomic E-state index is 15.3. The van der Waals surface area contributed by atoms with Crippen LogP contribution in [0.1, 0.15) is 31.2 Å². The van der Waals surface area contributed by atoms with Crippen molar-refractivity contribution in [3.63, 3.8) is 0 Å². The number of piperidine rings is 1. The largest absolute Gasteiger partial charge is 0.471 e. The van der Waals surface area contributed by atoms with Gasteiger partial charge < -0.3 is 24.4 Å². The first-order valence-electron chi connectivity index (χ1n) is 11.2. The summed E-state index contributed by atoms with van der Waals surface area (Å²) in [6, 6.07) is 5.14. The molecule has 1 amide bonds. The molecule has 2 aromatic rings. The Kier molecular flexibility index (Phi) is 5.69. The van der Waals surface area contributed by atoms with Gasteiger partial charge in [-0.05, 0) is 38.8 Å². The monoisotopic (exact) mass is 468 g/mol. The summed E-state index contributed by atoms with van der Waals surface area (Å²) in [4.78, 5) is 26.4. The van der Waals surface area contributed by atoms with Gasteiger partial charge in [0.25, 0.3) is 5.88 Å². The molecule has 178 valence electrons. The van der Waals surface area contributed by atoms with E-state index in [0.717, 1.165) is 12.8 Å². The third-order valence-corrected chi connectivity index (χ3v) is 6.51. The van der Waals surface area contributed by atoms with E-state index in [1.165, 1.54) is 12.4 Å². The zero-order chi connectivity index (χ0) is 23.9. The van der Waals surface area contributed by atoms with Crippen molar-refractivity contribution in [2.24, 2.45) is 11.8 Å². The van der Waals surface area contributed by atoms with Crippen LogP contribution in [-0.2, 0) is 9.47 Å². The molecule has 0 spiro atoms. The second-order valence-corrected chi connectivity index (χ2v) is 9.27.